The number of H-pyrrole nitrogens is 1. The number of halogens is 1. The molecule has 0 radical (unpaired) electrons. The fourth-order valence-electron chi connectivity index (χ4n) is 4.19. The summed E-state index contributed by atoms with van der Waals surface area (Å²) in [6, 6.07) is 21.7. The first-order valence-corrected chi connectivity index (χ1v) is 10.6. The molecular formula is C26H20FN3O3. The number of aromatic nitrogens is 2. The number of hydrogen-bond donors (Lipinski definition) is 1. The molecule has 0 saturated heterocycles. The molecule has 164 valence electrons. The third kappa shape index (κ3) is 3.47. The molecule has 0 spiro atoms. The molecule has 1 unspecified atom stereocenters. The van der Waals surface area contributed by atoms with Crippen LogP contribution in [0.3, 0.4) is 0 Å². The van der Waals surface area contributed by atoms with Crippen molar-refractivity contribution in [1.29, 1.82) is 0 Å². The van der Waals surface area contributed by atoms with Crippen molar-refractivity contribution in [1.82, 2.24) is 10.2 Å². The Bertz CT molecular complexity index is 1330. The van der Waals surface area contributed by atoms with Crippen molar-refractivity contribution in [2.45, 2.75) is 13.0 Å². The van der Waals surface area contributed by atoms with Crippen LogP contribution in [0.5, 0.6) is 0 Å². The number of carbonyl (C=O) groups excluding carboxylic acids is 2. The Balaban J connectivity index is 1.65. The molecule has 0 aliphatic carbocycles. The first kappa shape index (κ1) is 20.6. The lowest BCUT2D eigenvalue weighted by atomic mass is 9.95. The Morgan fingerprint density at radius 2 is 1.73 bits per heavy atom. The number of ether oxygens (including phenoxy) is 1. The number of nitrogens with one attached hydrogen (secondary N) is 1. The number of hydrogen-bond acceptors (Lipinski definition) is 4. The van der Waals surface area contributed by atoms with Gasteiger partial charge in [0, 0.05) is 22.4 Å². The summed E-state index contributed by atoms with van der Waals surface area (Å²) in [5.41, 5.74) is 3.62. The van der Waals surface area contributed by atoms with Gasteiger partial charge in [0.25, 0.3) is 5.91 Å². The number of amides is 1. The van der Waals surface area contributed by atoms with E-state index in [2.05, 4.69) is 10.2 Å². The highest BCUT2D eigenvalue weighted by Crippen LogP contribution is 2.45. The second kappa shape index (κ2) is 8.35. The van der Waals surface area contributed by atoms with Gasteiger partial charge < -0.3 is 4.74 Å². The van der Waals surface area contributed by atoms with Gasteiger partial charge in [0.2, 0.25) is 0 Å². The van der Waals surface area contributed by atoms with Crippen LogP contribution in [0.4, 0.5) is 10.1 Å². The largest absolute Gasteiger partial charge is 0.462 e. The van der Waals surface area contributed by atoms with Gasteiger partial charge in [-0.3, -0.25) is 14.8 Å². The minimum atomic E-state index is -0.726. The molecule has 7 heteroatoms. The molecule has 3 aromatic carbocycles. The number of esters is 1. The zero-order valence-electron chi connectivity index (χ0n) is 17.8. The first-order valence-electron chi connectivity index (χ1n) is 10.6. The summed E-state index contributed by atoms with van der Waals surface area (Å²) >= 11 is 0. The van der Waals surface area contributed by atoms with Crippen molar-refractivity contribution in [3.8, 4) is 11.3 Å². The van der Waals surface area contributed by atoms with Crippen molar-refractivity contribution in [3.05, 3.63) is 107 Å². The third-order valence-corrected chi connectivity index (χ3v) is 5.67. The lowest BCUT2D eigenvalue weighted by molar-refractivity contribution is 0.0526. The molecule has 0 fully saturated rings. The standard InChI is InChI=1S/C26H20FN3O3/c1-2-33-26(32)17-12-14-18(15-13-17)30-24(19-10-6-7-11-20(19)27)21-22(16-8-4-3-5-9-16)28-29-23(21)25(30)31/h3-15,24H,2H2,1H3,(H,28,29). The summed E-state index contributed by atoms with van der Waals surface area (Å²) in [5.74, 6) is -1.18. The molecule has 1 amide bonds. The van der Waals surface area contributed by atoms with E-state index in [9.17, 15) is 9.59 Å². The molecule has 0 bridgehead atoms. The molecule has 0 saturated carbocycles. The summed E-state index contributed by atoms with van der Waals surface area (Å²) in [4.78, 5) is 27.1. The van der Waals surface area contributed by atoms with Crippen LogP contribution in [-0.2, 0) is 4.74 Å². The lowest BCUT2D eigenvalue weighted by Gasteiger charge is -2.27. The van der Waals surface area contributed by atoms with E-state index in [1.54, 1.807) is 49.4 Å². The first-order chi connectivity index (χ1) is 16.1. The third-order valence-electron chi connectivity index (χ3n) is 5.67. The zero-order valence-corrected chi connectivity index (χ0v) is 17.8. The molecule has 1 N–H and O–H groups in total. The van der Waals surface area contributed by atoms with E-state index in [1.807, 2.05) is 30.3 Å². The van der Waals surface area contributed by atoms with Crippen molar-refractivity contribution in [2.75, 3.05) is 11.5 Å². The number of nitrogens with zero attached hydrogens (tertiary/aromatic N) is 2. The van der Waals surface area contributed by atoms with Crippen molar-refractivity contribution in [3.63, 3.8) is 0 Å². The van der Waals surface area contributed by atoms with Crippen LogP contribution in [0, 0.1) is 5.82 Å². The Kier molecular flexibility index (Phi) is 5.22. The number of carbonyl (C=O) groups is 2. The van der Waals surface area contributed by atoms with E-state index in [0.717, 1.165) is 5.56 Å². The van der Waals surface area contributed by atoms with Gasteiger partial charge >= 0.3 is 5.97 Å². The number of benzene rings is 3. The van der Waals surface area contributed by atoms with Crippen LogP contribution < -0.4 is 4.90 Å². The Morgan fingerprint density at radius 1 is 1.03 bits per heavy atom. The fraction of sp³-hybridized carbons (Fsp3) is 0.115. The second-order valence-electron chi connectivity index (χ2n) is 7.59. The van der Waals surface area contributed by atoms with Crippen LogP contribution in [-0.4, -0.2) is 28.7 Å². The predicted octanol–water partition coefficient (Wildman–Crippen LogP) is 5.14. The van der Waals surface area contributed by atoms with E-state index in [4.69, 9.17) is 4.74 Å². The number of fused-ring (bicyclic) bond motifs is 1. The maximum Gasteiger partial charge on any atom is 0.338 e. The summed E-state index contributed by atoms with van der Waals surface area (Å²) in [5, 5.41) is 7.26. The highest BCUT2D eigenvalue weighted by molar-refractivity contribution is 6.12. The molecule has 6 nitrogen and oxygen atoms in total. The molecule has 4 aromatic rings. The predicted molar refractivity (Wildman–Crippen MR) is 121 cm³/mol. The quantitative estimate of drug-likeness (QED) is 0.435. The molecule has 5 rings (SSSR count). The zero-order chi connectivity index (χ0) is 22.9. The van der Waals surface area contributed by atoms with E-state index in [-0.39, 0.29) is 12.5 Å². The van der Waals surface area contributed by atoms with Crippen LogP contribution in [0.15, 0.2) is 78.9 Å². The van der Waals surface area contributed by atoms with Gasteiger partial charge in [-0.05, 0) is 37.3 Å². The molecule has 1 atom stereocenters. The highest BCUT2D eigenvalue weighted by atomic mass is 19.1. The van der Waals surface area contributed by atoms with Gasteiger partial charge in [0.05, 0.1) is 23.9 Å². The Labute approximate surface area is 189 Å². The number of anilines is 1. The molecule has 1 aliphatic heterocycles. The second-order valence-corrected chi connectivity index (χ2v) is 7.59. The van der Waals surface area contributed by atoms with Crippen LogP contribution >= 0.6 is 0 Å². The van der Waals surface area contributed by atoms with E-state index in [0.29, 0.717) is 33.8 Å². The van der Waals surface area contributed by atoms with E-state index < -0.39 is 17.8 Å². The topological polar surface area (TPSA) is 75.3 Å². The molecule has 1 aromatic heterocycles. The van der Waals surface area contributed by atoms with Crippen LogP contribution in [0.25, 0.3) is 11.3 Å². The monoisotopic (exact) mass is 441 g/mol. The lowest BCUT2D eigenvalue weighted by Crippen LogP contribution is -2.29. The van der Waals surface area contributed by atoms with Crippen LogP contribution in [0.1, 0.15) is 44.9 Å². The SMILES string of the molecule is CCOC(=O)c1ccc(N2C(=O)c3[nH]nc(-c4ccccc4)c3C2c2ccccc2F)cc1. The van der Waals surface area contributed by atoms with Gasteiger partial charge in [0.1, 0.15) is 11.5 Å². The minimum absolute atomic E-state index is 0.268. The maximum absolute atomic E-state index is 15.0. The minimum Gasteiger partial charge on any atom is -0.462 e. The summed E-state index contributed by atoms with van der Waals surface area (Å²) in [6.07, 6.45) is 0. The fourth-order valence-corrected chi connectivity index (χ4v) is 4.19. The van der Waals surface area contributed by atoms with Gasteiger partial charge in [-0.1, -0.05) is 48.5 Å². The molecular weight excluding hydrogens is 421 g/mol. The van der Waals surface area contributed by atoms with Gasteiger partial charge in [-0.25, -0.2) is 9.18 Å². The molecule has 33 heavy (non-hydrogen) atoms. The van der Waals surface area contributed by atoms with Crippen molar-refractivity contribution >= 4 is 17.6 Å². The average Bonchev–Trinajstić information content (AvgIpc) is 3.39. The summed E-state index contributed by atoms with van der Waals surface area (Å²) in [7, 11) is 0. The average molecular weight is 441 g/mol. The van der Waals surface area contributed by atoms with Crippen molar-refractivity contribution in [2.24, 2.45) is 0 Å². The molecule has 1 aliphatic rings. The van der Waals surface area contributed by atoms with E-state index in [1.165, 1.54) is 11.0 Å². The smallest absolute Gasteiger partial charge is 0.338 e. The van der Waals surface area contributed by atoms with Gasteiger partial charge in [-0.15, -0.1) is 0 Å². The van der Waals surface area contributed by atoms with Crippen molar-refractivity contribution < 1.29 is 18.7 Å². The Hall–Kier alpha value is -4.26. The number of aromatic amines is 1. The summed E-state index contributed by atoms with van der Waals surface area (Å²) in [6.45, 7) is 2.00. The number of rotatable bonds is 5. The highest BCUT2D eigenvalue weighted by Gasteiger charge is 2.44. The molecule has 2 heterocycles. The van der Waals surface area contributed by atoms with E-state index >= 15 is 4.39 Å². The van der Waals surface area contributed by atoms with Gasteiger partial charge in [-0.2, -0.15) is 5.10 Å². The normalized spacial score (nSPS) is 14.9. The summed E-state index contributed by atoms with van der Waals surface area (Å²) < 4.78 is 20.1. The Morgan fingerprint density at radius 3 is 2.42 bits per heavy atom. The van der Waals surface area contributed by atoms with Gasteiger partial charge in [0.15, 0.2) is 0 Å². The maximum atomic E-state index is 15.0. The van der Waals surface area contributed by atoms with Crippen LogP contribution in [0.2, 0.25) is 0 Å².